The first-order chi connectivity index (χ1) is 11.3. The van der Waals surface area contributed by atoms with Gasteiger partial charge in [0.2, 0.25) is 0 Å². The van der Waals surface area contributed by atoms with E-state index in [0.29, 0.717) is 25.3 Å². The Morgan fingerprint density at radius 2 is 1.96 bits per heavy atom. The minimum atomic E-state index is -0.285. The topological polar surface area (TPSA) is 79.8 Å². The van der Waals surface area contributed by atoms with E-state index in [1.807, 2.05) is 27.7 Å². The third kappa shape index (κ3) is 8.86. The van der Waals surface area contributed by atoms with E-state index in [9.17, 15) is 4.79 Å². The fourth-order valence-corrected chi connectivity index (χ4v) is 1.72. The van der Waals surface area contributed by atoms with Gasteiger partial charge in [0.1, 0.15) is 0 Å². The van der Waals surface area contributed by atoms with Crippen LogP contribution in [0.1, 0.15) is 47.3 Å². The maximum absolute atomic E-state index is 12.0. The van der Waals surface area contributed by atoms with E-state index in [1.165, 1.54) is 0 Å². The van der Waals surface area contributed by atoms with E-state index >= 15 is 0 Å². The summed E-state index contributed by atoms with van der Waals surface area (Å²) in [5, 5.41) is 11.7. The lowest BCUT2D eigenvalue weighted by molar-refractivity contribution is 0.0375. The number of hydrogen-bond donors (Lipinski definition) is 3. The van der Waals surface area contributed by atoms with E-state index in [-0.39, 0.29) is 26.9 Å². The van der Waals surface area contributed by atoms with Gasteiger partial charge in [-0.25, -0.2) is 0 Å². The number of rotatable bonds is 10. The Morgan fingerprint density at radius 1 is 1.29 bits per heavy atom. The Kier molecular flexibility index (Phi) is 8.74. The van der Waals surface area contributed by atoms with E-state index in [1.54, 1.807) is 24.3 Å². The fraction of sp³-hybridized carbons (Fsp3) is 0.611. The predicted molar refractivity (Wildman–Crippen MR) is 99.1 cm³/mol. The van der Waals surface area contributed by atoms with Gasteiger partial charge in [0.25, 0.3) is 5.91 Å². The molecular formula is C18H34N2O4. The van der Waals surface area contributed by atoms with Crippen LogP contribution in [0.3, 0.4) is 0 Å². The average molecular weight is 342 g/mol. The number of aliphatic hydroxyl groups is 1. The Bertz CT molecular complexity index is 493. The Labute approximate surface area is 147 Å². The molecule has 0 saturated heterocycles. The molecular weight excluding hydrogens is 308 g/mol. The molecule has 140 valence electrons. The number of hydrogen-bond acceptors (Lipinski definition) is 5. The van der Waals surface area contributed by atoms with Gasteiger partial charge in [-0.2, -0.15) is 0 Å². The van der Waals surface area contributed by atoms with Gasteiger partial charge in [0.15, 0.2) is 0 Å². The maximum atomic E-state index is 12.0. The zero-order valence-corrected chi connectivity index (χ0v) is 15.1. The van der Waals surface area contributed by atoms with Gasteiger partial charge in [-0.15, -0.1) is 0 Å². The molecule has 1 aromatic rings. The lowest BCUT2D eigenvalue weighted by atomic mass is 10.2. The highest BCUT2D eigenvalue weighted by atomic mass is 16.7. The molecule has 0 aliphatic carbocycles. The number of aliphatic hydroxyl groups excluding tert-OH is 1. The molecule has 1 amide bonds. The molecule has 24 heavy (non-hydrogen) atoms. The molecule has 0 radical (unpaired) electrons. The molecule has 1 aromatic carbocycles. The summed E-state index contributed by atoms with van der Waals surface area (Å²) < 4.78 is 5.41. The first kappa shape index (κ1) is 20.4. The first-order valence-corrected chi connectivity index (χ1v) is 8.32. The van der Waals surface area contributed by atoms with Crippen molar-refractivity contribution in [2.45, 2.75) is 39.7 Å². The number of carbonyl (C=O) groups is 1. The molecule has 6 heteroatoms. The van der Waals surface area contributed by atoms with Crippen molar-refractivity contribution in [1.29, 1.82) is 0 Å². The summed E-state index contributed by atoms with van der Waals surface area (Å²) in [6.07, 6.45) is 0.739. The van der Waals surface area contributed by atoms with E-state index < -0.39 is 0 Å². The monoisotopic (exact) mass is 342 g/mol. The number of carbonyl (C=O) groups excluding carboxylic acids is 1. The molecule has 0 saturated carbocycles. The summed E-state index contributed by atoms with van der Waals surface area (Å²) >= 11 is 0. The number of amides is 1. The van der Waals surface area contributed by atoms with Crippen LogP contribution >= 0.6 is 0 Å². The highest BCUT2D eigenvalue weighted by Crippen LogP contribution is 2.13. The standard InChI is InChI=1S/C18H30N2O4.2H2/c1-14(12-21)13-23-11-5-10-19-17(22)15-6-8-16(9-7-15)20-24-18(2,3)4;;/h6-9,14,20-21H,5,10-13H2,1-4H3,(H,19,22);2*1H. The highest BCUT2D eigenvalue weighted by Gasteiger charge is 2.11. The normalized spacial score (nSPS) is 12.7. The minimum Gasteiger partial charge on any atom is -0.396 e. The number of anilines is 1. The number of nitrogens with one attached hydrogen (secondary N) is 2. The lowest BCUT2D eigenvalue weighted by Gasteiger charge is -2.19. The Balaban J connectivity index is 0. The van der Waals surface area contributed by atoms with Crippen LogP contribution in [0.4, 0.5) is 5.69 Å². The Morgan fingerprint density at radius 3 is 2.54 bits per heavy atom. The average Bonchev–Trinajstić information content (AvgIpc) is 2.55. The molecule has 0 fully saturated rings. The molecule has 0 aromatic heterocycles. The molecule has 1 atom stereocenters. The maximum Gasteiger partial charge on any atom is 0.251 e. The highest BCUT2D eigenvalue weighted by molar-refractivity contribution is 5.94. The van der Waals surface area contributed by atoms with E-state index in [2.05, 4.69) is 10.8 Å². The summed E-state index contributed by atoms with van der Waals surface area (Å²) in [5.41, 5.74) is 3.98. The number of benzene rings is 1. The minimum absolute atomic E-state index is 0. The SMILES string of the molecule is CC(CO)COCCCNC(=O)c1ccc(NOC(C)(C)C)cc1.[HH].[HH]. The summed E-state index contributed by atoms with van der Waals surface area (Å²) in [6, 6.07) is 7.12. The molecule has 0 bridgehead atoms. The smallest absolute Gasteiger partial charge is 0.251 e. The summed E-state index contributed by atoms with van der Waals surface area (Å²) in [4.78, 5) is 17.5. The second-order valence-corrected chi connectivity index (χ2v) is 6.87. The van der Waals surface area contributed by atoms with Gasteiger partial charge in [0, 0.05) is 34.1 Å². The van der Waals surface area contributed by atoms with Crippen molar-refractivity contribution in [3.05, 3.63) is 29.8 Å². The quantitative estimate of drug-likeness (QED) is 0.450. The van der Waals surface area contributed by atoms with Crippen LogP contribution < -0.4 is 10.8 Å². The molecule has 3 N–H and O–H groups in total. The van der Waals surface area contributed by atoms with Gasteiger partial charge < -0.3 is 15.2 Å². The van der Waals surface area contributed by atoms with Gasteiger partial charge in [0.05, 0.1) is 17.9 Å². The van der Waals surface area contributed by atoms with Gasteiger partial charge >= 0.3 is 0 Å². The lowest BCUT2D eigenvalue weighted by Crippen LogP contribution is -2.25. The third-order valence-electron chi connectivity index (χ3n) is 3.09. The van der Waals surface area contributed by atoms with Crippen LogP contribution in [0.2, 0.25) is 0 Å². The van der Waals surface area contributed by atoms with E-state index in [4.69, 9.17) is 14.7 Å². The largest absolute Gasteiger partial charge is 0.396 e. The Hall–Kier alpha value is -1.63. The van der Waals surface area contributed by atoms with Crippen molar-refractivity contribution in [3.63, 3.8) is 0 Å². The van der Waals surface area contributed by atoms with Gasteiger partial charge in [-0.3, -0.25) is 15.1 Å². The summed E-state index contributed by atoms with van der Waals surface area (Å²) in [5.74, 6) is 0.0380. The van der Waals surface area contributed by atoms with Crippen LogP contribution in [0.5, 0.6) is 0 Å². The molecule has 0 heterocycles. The van der Waals surface area contributed by atoms with Crippen molar-refractivity contribution in [3.8, 4) is 0 Å². The van der Waals surface area contributed by atoms with Crippen LogP contribution in [-0.4, -0.2) is 43.0 Å². The van der Waals surface area contributed by atoms with Crippen LogP contribution in [-0.2, 0) is 9.57 Å². The molecule has 0 spiro atoms. The van der Waals surface area contributed by atoms with E-state index in [0.717, 1.165) is 12.1 Å². The zero-order chi connectivity index (χ0) is 18.0. The summed E-state index contributed by atoms with van der Waals surface area (Å²) in [7, 11) is 0. The molecule has 1 unspecified atom stereocenters. The molecule has 0 aliphatic heterocycles. The van der Waals surface area contributed by atoms with Crippen LogP contribution in [0.15, 0.2) is 24.3 Å². The van der Waals surface area contributed by atoms with Crippen molar-refractivity contribution >= 4 is 11.6 Å². The van der Waals surface area contributed by atoms with Crippen LogP contribution in [0, 0.1) is 5.92 Å². The summed E-state index contributed by atoms with van der Waals surface area (Å²) in [6.45, 7) is 9.57. The van der Waals surface area contributed by atoms with Gasteiger partial charge in [-0.05, 0) is 51.5 Å². The predicted octanol–water partition coefficient (Wildman–Crippen LogP) is 3.09. The second-order valence-electron chi connectivity index (χ2n) is 6.87. The van der Waals surface area contributed by atoms with Crippen molar-refractivity contribution in [2.24, 2.45) is 5.92 Å². The third-order valence-corrected chi connectivity index (χ3v) is 3.09. The van der Waals surface area contributed by atoms with Gasteiger partial charge in [-0.1, -0.05) is 6.92 Å². The second kappa shape index (κ2) is 10.3. The molecule has 1 rings (SSSR count). The fourth-order valence-electron chi connectivity index (χ4n) is 1.72. The zero-order valence-electron chi connectivity index (χ0n) is 15.1. The molecule has 6 nitrogen and oxygen atoms in total. The number of ether oxygens (including phenoxy) is 1. The molecule has 0 aliphatic rings. The van der Waals surface area contributed by atoms with Crippen molar-refractivity contribution in [2.75, 3.05) is 31.8 Å². The van der Waals surface area contributed by atoms with Crippen molar-refractivity contribution < 1.29 is 22.3 Å². The van der Waals surface area contributed by atoms with Crippen LogP contribution in [0.25, 0.3) is 0 Å². The first-order valence-electron chi connectivity index (χ1n) is 8.32. The van der Waals surface area contributed by atoms with Crippen molar-refractivity contribution in [1.82, 2.24) is 5.32 Å².